The number of benzene rings is 2. The highest BCUT2D eigenvalue weighted by molar-refractivity contribution is 7.17. The fourth-order valence-electron chi connectivity index (χ4n) is 3.49. The number of nitrogens with zero attached hydrogens (tertiary/aromatic N) is 2. The minimum absolute atomic E-state index is 0.114. The highest BCUT2D eigenvalue weighted by Crippen LogP contribution is 2.30. The van der Waals surface area contributed by atoms with Gasteiger partial charge < -0.3 is 5.32 Å². The molecule has 4 rings (SSSR count). The summed E-state index contributed by atoms with van der Waals surface area (Å²) in [6.45, 7) is 4.99. The van der Waals surface area contributed by atoms with Gasteiger partial charge in [-0.3, -0.25) is 9.69 Å². The van der Waals surface area contributed by atoms with E-state index < -0.39 is 0 Å². The van der Waals surface area contributed by atoms with Crippen molar-refractivity contribution in [3.05, 3.63) is 69.7 Å². The number of carbonyl (C=O) groups excluding carboxylic acids is 1. The maximum absolute atomic E-state index is 13.0. The van der Waals surface area contributed by atoms with E-state index in [2.05, 4.69) is 21.3 Å². The molecular weight excluding hydrogens is 390 g/mol. The molecule has 1 aliphatic rings. The summed E-state index contributed by atoms with van der Waals surface area (Å²) in [5.74, 6) is -0.114. The van der Waals surface area contributed by atoms with E-state index in [-0.39, 0.29) is 5.91 Å². The molecule has 0 radical (unpaired) electrons. The number of halogens is 1. The Kier molecular flexibility index (Phi) is 5.76. The molecule has 0 bridgehead atoms. The van der Waals surface area contributed by atoms with Crippen molar-refractivity contribution in [2.75, 3.05) is 18.4 Å². The molecule has 3 aromatic rings. The molecule has 28 heavy (non-hydrogen) atoms. The van der Waals surface area contributed by atoms with E-state index in [4.69, 9.17) is 11.6 Å². The average molecular weight is 412 g/mol. The lowest BCUT2D eigenvalue weighted by Crippen LogP contribution is -2.20. The molecule has 1 aromatic heterocycles. The van der Waals surface area contributed by atoms with E-state index in [1.54, 1.807) is 0 Å². The van der Waals surface area contributed by atoms with E-state index >= 15 is 0 Å². The van der Waals surface area contributed by atoms with Crippen molar-refractivity contribution < 1.29 is 4.79 Å². The molecule has 1 aliphatic heterocycles. The summed E-state index contributed by atoms with van der Waals surface area (Å²) in [5.41, 5.74) is 3.68. The highest BCUT2D eigenvalue weighted by atomic mass is 35.5. The van der Waals surface area contributed by atoms with Gasteiger partial charge >= 0.3 is 0 Å². The normalized spacial score (nSPS) is 14.4. The van der Waals surface area contributed by atoms with Crippen LogP contribution < -0.4 is 5.32 Å². The number of amides is 1. The molecule has 4 nitrogen and oxygen atoms in total. The standard InChI is InChI=1S/C22H22ClN3OS/c1-15-20(28-22(24-15)16-8-6-9-18(23)13-16)21(27)25-19-10-3-2-7-17(19)14-26-11-4-5-12-26/h2-3,6-10,13H,4-5,11-12,14H2,1H3,(H,25,27). The van der Waals surface area contributed by atoms with E-state index in [0.29, 0.717) is 9.90 Å². The highest BCUT2D eigenvalue weighted by Gasteiger charge is 2.19. The van der Waals surface area contributed by atoms with Gasteiger partial charge in [-0.25, -0.2) is 4.98 Å². The first-order valence-electron chi connectivity index (χ1n) is 9.45. The maximum Gasteiger partial charge on any atom is 0.267 e. The van der Waals surface area contributed by atoms with Crippen molar-refractivity contribution in [1.82, 2.24) is 9.88 Å². The van der Waals surface area contributed by atoms with Crippen LogP contribution in [0, 0.1) is 6.92 Å². The van der Waals surface area contributed by atoms with Crippen LogP contribution in [0.25, 0.3) is 10.6 Å². The van der Waals surface area contributed by atoms with E-state index in [0.717, 1.165) is 47.2 Å². The number of hydrogen-bond acceptors (Lipinski definition) is 4. The van der Waals surface area contributed by atoms with Crippen molar-refractivity contribution in [3.8, 4) is 10.6 Å². The summed E-state index contributed by atoms with van der Waals surface area (Å²) < 4.78 is 0. The fourth-order valence-corrected chi connectivity index (χ4v) is 4.64. The van der Waals surface area contributed by atoms with Crippen LogP contribution in [0.5, 0.6) is 0 Å². The van der Waals surface area contributed by atoms with Crippen LogP contribution in [0.3, 0.4) is 0 Å². The van der Waals surface area contributed by atoms with Gasteiger partial charge in [0, 0.05) is 22.8 Å². The summed E-state index contributed by atoms with van der Waals surface area (Å²) in [7, 11) is 0. The Balaban J connectivity index is 1.54. The molecular formula is C22H22ClN3OS. The summed E-state index contributed by atoms with van der Waals surface area (Å²) in [4.78, 5) is 20.6. The number of thiazole rings is 1. The number of anilines is 1. The second kappa shape index (κ2) is 8.43. The first-order chi connectivity index (χ1) is 13.6. The van der Waals surface area contributed by atoms with Crippen LogP contribution in [-0.4, -0.2) is 28.9 Å². The third-order valence-electron chi connectivity index (χ3n) is 4.93. The van der Waals surface area contributed by atoms with Crippen molar-refractivity contribution >= 4 is 34.5 Å². The summed E-state index contributed by atoms with van der Waals surface area (Å²) in [6, 6.07) is 15.6. The van der Waals surface area contributed by atoms with Gasteiger partial charge in [-0.15, -0.1) is 11.3 Å². The Morgan fingerprint density at radius 3 is 2.75 bits per heavy atom. The molecule has 1 amide bonds. The molecule has 0 aliphatic carbocycles. The smallest absolute Gasteiger partial charge is 0.267 e. The minimum Gasteiger partial charge on any atom is -0.321 e. The molecule has 2 heterocycles. The zero-order valence-electron chi connectivity index (χ0n) is 15.7. The van der Waals surface area contributed by atoms with E-state index in [1.807, 2.05) is 49.4 Å². The molecule has 2 aromatic carbocycles. The number of nitrogens with one attached hydrogen (secondary N) is 1. The molecule has 1 N–H and O–H groups in total. The quantitative estimate of drug-likeness (QED) is 0.592. The Morgan fingerprint density at radius 1 is 1.18 bits per heavy atom. The van der Waals surface area contributed by atoms with Gasteiger partial charge in [-0.05, 0) is 56.6 Å². The molecule has 144 valence electrons. The molecule has 1 fully saturated rings. The van der Waals surface area contributed by atoms with Gasteiger partial charge in [-0.1, -0.05) is 41.9 Å². The lowest BCUT2D eigenvalue weighted by atomic mass is 10.1. The number of para-hydroxylation sites is 1. The topological polar surface area (TPSA) is 45.2 Å². The molecule has 6 heteroatoms. The number of aryl methyl sites for hydroxylation is 1. The predicted octanol–water partition coefficient (Wildman–Crippen LogP) is 5.62. The summed E-state index contributed by atoms with van der Waals surface area (Å²) in [6.07, 6.45) is 2.50. The Morgan fingerprint density at radius 2 is 1.96 bits per heavy atom. The summed E-state index contributed by atoms with van der Waals surface area (Å²) in [5, 5.41) is 4.56. The van der Waals surface area contributed by atoms with Gasteiger partial charge in [0.1, 0.15) is 9.88 Å². The lowest BCUT2D eigenvalue weighted by molar-refractivity contribution is 0.102. The Labute approximate surface area is 174 Å². The number of hydrogen-bond donors (Lipinski definition) is 1. The van der Waals surface area contributed by atoms with Crippen LogP contribution in [0.1, 0.15) is 33.8 Å². The monoisotopic (exact) mass is 411 g/mol. The van der Waals surface area contributed by atoms with Crippen LogP contribution in [-0.2, 0) is 6.54 Å². The van der Waals surface area contributed by atoms with E-state index in [9.17, 15) is 4.79 Å². The average Bonchev–Trinajstić information content (AvgIpc) is 3.33. The fraction of sp³-hybridized carbons (Fsp3) is 0.273. The van der Waals surface area contributed by atoms with Crippen LogP contribution in [0.15, 0.2) is 48.5 Å². The molecule has 0 unspecified atom stereocenters. The first kappa shape index (κ1) is 19.1. The van der Waals surface area contributed by atoms with Gasteiger partial charge in [0.2, 0.25) is 0 Å². The van der Waals surface area contributed by atoms with Gasteiger partial charge in [0.05, 0.1) is 5.69 Å². The molecule has 0 saturated carbocycles. The zero-order valence-corrected chi connectivity index (χ0v) is 17.3. The Bertz CT molecular complexity index is 995. The SMILES string of the molecule is Cc1nc(-c2cccc(Cl)c2)sc1C(=O)Nc1ccccc1CN1CCCC1. The second-order valence-electron chi connectivity index (χ2n) is 7.04. The van der Waals surface area contributed by atoms with Crippen molar-refractivity contribution in [1.29, 1.82) is 0 Å². The third-order valence-corrected chi connectivity index (χ3v) is 6.37. The summed E-state index contributed by atoms with van der Waals surface area (Å²) >= 11 is 7.49. The molecule has 0 atom stereocenters. The zero-order chi connectivity index (χ0) is 19.5. The molecule has 1 saturated heterocycles. The van der Waals surface area contributed by atoms with Crippen LogP contribution >= 0.6 is 22.9 Å². The second-order valence-corrected chi connectivity index (χ2v) is 8.47. The van der Waals surface area contributed by atoms with Gasteiger partial charge in [0.15, 0.2) is 0 Å². The maximum atomic E-state index is 13.0. The van der Waals surface area contributed by atoms with Crippen LogP contribution in [0.2, 0.25) is 5.02 Å². The minimum atomic E-state index is -0.114. The van der Waals surface area contributed by atoms with Crippen molar-refractivity contribution in [2.45, 2.75) is 26.3 Å². The lowest BCUT2D eigenvalue weighted by Gasteiger charge is -2.17. The number of rotatable bonds is 5. The van der Waals surface area contributed by atoms with Gasteiger partial charge in [0.25, 0.3) is 5.91 Å². The predicted molar refractivity (Wildman–Crippen MR) is 116 cm³/mol. The number of likely N-dealkylation sites (tertiary alicyclic amines) is 1. The van der Waals surface area contributed by atoms with Crippen molar-refractivity contribution in [3.63, 3.8) is 0 Å². The molecule has 0 spiro atoms. The Hall–Kier alpha value is -2.21. The number of aromatic nitrogens is 1. The third kappa shape index (κ3) is 4.27. The first-order valence-corrected chi connectivity index (χ1v) is 10.6. The largest absolute Gasteiger partial charge is 0.321 e. The van der Waals surface area contributed by atoms with Gasteiger partial charge in [-0.2, -0.15) is 0 Å². The van der Waals surface area contributed by atoms with Crippen molar-refractivity contribution in [2.24, 2.45) is 0 Å². The number of carbonyl (C=O) groups is 1. The van der Waals surface area contributed by atoms with E-state index in [1.165, 1.54) is 24.2 Å². The van der Waals surface area contributed by atoms with Crippen LogP contribution in [0.4, 0.5) is 5.69 Å².